The first kappa shape index (κ1) is 18.1. The Balaban J connectivity index is 1.38. The average Bonchev–Trinajstić information content (AvgIpc) is 3.48. The van der Waals surface area contributed by atoms with Crippen LogP contribution in [0.15, 0.2) is 58.1 Å². The van der Waals surface area contributed by atoms with E-state index in [0.29, 0.717) is 11.8 Å². The number of nitrogens with one attached hydrogen (secondary N) is 1. The van der Waals surface area contributed by atoms with Crippen molar-refractivity contribution in [3.05, 3.63) is 60.1 Å². The summed E-state index contributed by atoms with van der Waals surface area (Å²) in [6, 6.07) is 14.8. The molecule has 2 saturated heterocycles. The summed E-state index contributed by atoms with van der Waals surface area (Å²) in [5.41, 5.74) is 1.43. The van der Waals surface area contributed by atoms with Gasteiger partial charge in [-0.1, -0.05) is 30.3 Å². The molecule has 3 heterocycles. The molecule has 5 heteroatoms. The molecule has 2 aliphatic heterocycles. The molecule has 0 bridgehead atoms. The lowest BCUT2D eigenvalue weighted by Crippen LogP contribution is -2.41. The van der Waals surface area contributed by atoms with Gasteiger partial charge in [0.05, 0.1) is 12.9 Å². The molecule has 144 valence electrons. The zero-order chi connectivity index (χ0) is 18.3. The van der Waals surface area contributed by atoms with Gasteiger partial charge in [-0.05, 0) is 30.5 Å². The fourth-order valence-corrected chi connectivity index (χ4v) is 3.91. The molecule has 27 heavy (non-hydrogen) atoms. The molecule has 0 radical (unpaired) electrons. The first-order valence-electron chi connectivity index (χ1n) is 10.1. The number of benzene rings is 1. The third kappa shape index (κ3) is 4.92. The van der Waals surface area contributed by atoms with Crippen molar-refractivity contribution in [3.8, 4) is 0 Å². The van der Waals surface area contributed by atoms with Gasteiger partial charge in [0.25, 0.3) is 0 Å². The third-order valence-electron chi connectivity index (χ3n) is 5.52. The normalized spacial score (nSPS) is 23.1. The van der Waals surface area contributed by atoms with E-state index in [1.54, 1.807) is 6.26 Å². The van der Waals surface area contributed by atoms with Crippen LogP contribution in [0.1, 0.15) is 30.1 Å². The second kappa shape index (κ2) is 9.09. The summed E-state index contributed by atoms with van der Waals surface area (Å²) in [5, 5.41) is 3.57. The number of ether oxygens (including phenoxy) is 1. The van der Waals surface area contributed by atoms with Crippen LogP contribution >= 0.6 is 0 Å². The second-order valence-electron chi connectivity index (χ2n) is 7.49. The van der Waals surface area contributed by atoms with E-state index in [9.17, 15) is 0 Å². The van der Waals surface area contributed by atoms with E-state index in [4.69, 9.17) is 14.1 Å². The average molecular weight is 367 g/mol. The van der Waals surface area contributed by atoms with Crippen molar-refractivity contribution in [2.75, 3.05) is 39.4 Å². The fourth-order valence-electron chi connectivity index (χ4n) is 3.91. The number of hydrogen-bond acceptors (Lipinski definition) is 3. The molecule has 1 aromatic heterocycles. The van der Waals surface area contributed by atoms with Crippen molar-refractivity contribution >= 4 is 5.96 Å². The number of furan rings is 1. The van der Waals surface area contributed by atoms with Gasteiger partial charge in [-0.3, -0.25) is 4.99 Å². The van der Waals surface area contributed by atoms with Crippen molar-refractivity contribution in [2.24, 2.45) is 10.9 Å². The van der Waals surface area contributed by atoms with Gasteiger partial charge in [-0.25, -0.2) is 0 Å². The van der Waals surface area contributed by atoms with Gasteiger partial charge in [-0.2, -0.15) is 0 Å². The number of aliphatic imine (C=N–C) groups is 1. The Hall–Kier alpha value is -2.27. The van der Waals surface area contributed by atoms with Gasteiger partial charge >= 0.3 is 0 Å². The minimum absolute atomic E-state index is 0.555. The van der Waals surface area contributed by atoms with Gasteiger partial charge in [0.2, 0.25) is 0 Å². The van der Waals surface area contributed by atoms with E-state index in [-0.39, 0.29) is 0 Å². The highest BCUT2D eigenvalue weighted by Gasteiger charge is 2.26. The lowest BCUT2D eigenvalue weighted by atomic mass is 9.99. The van der Waals surface area contributed by atoms with E-state index in [0.717, 1.165) is 64.0 Å². The van der Waals surface area contributed by atoms with E-state index < -0.39 is 0 Å². The Kier molecular flexibility index (Phi) is 6.10. The summed E-state index contributed by atoms with van der Waals surface area (Å²) in [5.74, 6) is 3.18. The molecule has 2 aromatic rings. The van der Waals surface area contributed by atoms with E-state index in [2.05, 4.69) is 40.5 Å². The highest BCUT2D eigenvalue weighted by Crippen LogP contribution is 2.27. The Bertz CT molecular complexity index is 708. The van der Waals surface area contributed by atoms with Crippen LogP contribution in [0.2, 0.25) is 0 Å². The predicted molar refractivity (Wildman–Crippen MR) is 107 cm³/mol. The minimum Gasteiger partial charge on any atom is -0.469 e. The van der Waals surface area contributed by atoms with Crippen LogP contribution in [0.3, 0.4) is 0 Å². The van der Waals surface area contributed by atoms with Crippen molar-refractivity contribution in [1.29, 1.82) is 0 Å². The smallest absolute Gasteiger partial charge is 0.193 e. The number of likely N-dealkylation sites (tertiary alicyclic amines) is 1. The summed E-state index contributed by atoms with van der Waals surface area (Å²) < 4.78 is 11.0. The monoisotopic (exact) mass is 367 g/mol. The molecular formula is C22H29N3O2. The number of guanidine groups is 1. The highest BCUT2D eigenvalue weighted by molar-refractivity contribution is 5.80. The maximum atomic E-state index is 5.50. The van der Waals surface area contributed by atoms with Crippen LogP contribution in [0.25, 0.3) is 0 Å². The molecule has 2 aliphatic rings. The van der Waals surface area contributed by atoms with Gasteiger partial charge in [0.1, 0.15) is 5.76 Å². The zero-order valence-corrected chi connectivity index (χ0v) is 15.8. The summed E-state index contributed by atoms with van der Waals surface area (Å²) in [4.78, 5) is 7.37. The van der Waals surface area contributed by atoms with Crippen LogP contribution in [-0.4, -0.2) is 50.3 Å². The van der Waals surface area contributed by atoms with Crippen LogP contribution in [0.4, 0.5) is 0 Å². The Morgan fingerprint density at radius 1 is 1.15 bits per heavy atom. The molecule has 2 atom stereocenters. The first-order chi connectivity index (χ1) is 13.4. The lowest BCUT2D eigenvalue weighted by Gasteiger charge is -2.23. The van der Waals surface area contributed by atoms with Crippen molar-refractivity contribution in [1.82, 2.24) is 10.2 Å². The summed E-state index contributed by atoms with van der Waals surface area (Å²) in [6.45, 7) is 5.47. The van der Waals surface area contributed by atoms with E-state index >= 15 is 0 Å². The predicted octanol–water partition coefficient (Wildman–Crippen LogP) is 3.29. The Labute approximate surface area is 161 Å². The minimum atomic E-state index is 0.555. The Morgan fingerprint density at radius 3 is 2.85 bits per heavy atom. The van der Waals surface area contributed by atoms with Crippen molar-refractivity contribution in [3.63, 3.8) is 0 Å². The van der Waals surface area contributed by atoms with Gasteiger partial charge < -0.3 is 19.4 Å². The summed E-state index contributed by atoms with van der Waals surface area (Å²) in [7, 11) is 0. The van der Waals surface area contributed by atoms with Crippen LogP contribution in [-0.2, 0) is 11.2 Å². The SMILES string of the molecule is c1ccc(C2CCN(C(=NCC3CCOC3)NCCc3ccco3)C2)cc1. The van der Waals surface area contributed by atoms with Crippen molar-refractivity contribution < 1.29 is 9.15 Å². The maximum absolute atomic E-state index is 5.50. The molecule has 0 aliphatic carbocycles. The Morgan fingerprint density at radius 2 is 2.07 bits per heavy atom. The topological polar surface area (TPSA) is 50.0 Å². The molecule has 2 unspecified atom stereocenters. The molecule has 0 saturated carbocycles. The molecule has 2 fully saturated rings. The largest absolute Gasteiger partial charge is 0.469 e. The van der Waals surface area contributed by atoms with E-state index in [1.165, 1.54) is 12.0 Å². The number of rotatable bonds is 6. The standard InChI is InChI=1S/C22H29N3O2/c1-2-5-19(6-3-1)20-9-12-25(16-20)22(24-15-18-10-14-26-17-18)23-11-8-21-7-4-13-27-21/h1-7,13,18,20H,8-12,14-17H2,(H,23,24). The molecule has 5 nitrogen and oxygen atoms in total. The maximum Gasteiger partial charge on any atom is 0.193 e. The molecule has 1 N–H and O–H groups in total. The first-order valence-corrected chi connectivity index (χ1v) is 10.1. The number of nitrogens with zero attached hydrogens (tertiary/aromatic N) is 2. The second-order valence-corrected chi connectivity index (χ2v) is 7.49. The number of hydrogen-bond donors (Lipinski definition) is 1. The quantitative estimate of drug-likeness (QED) is 0.629. The highest BCUT2D eigenvalue weighted by atomic mass is 16.5. The van der Waals surface area contributed by atoms with E-state index in [1.807, 2.05) is 12.1 Å². The molecule has 0 amide bonds. The fraction of sp³-hybridized carbons (Fsp3) is 0.500. The van der Waals surface area contributed by atoms with Crippen molar-refractivity contribution in [2.45, 2.75) is 25.2 Å². The molecular weight excluding hydrogens is 338 g/mol. The third-order valence-corrected chi connectivity index (χ3v) is 5.52. The molecule has 0 spiro atoms. The zero-order valence-electron chi connectivity index (χ0n) is 15.8. The van der Waals surface area contributed by atoms with Crippen LogP contribution in [0, 0.1) is 5.92 Å². The van der Waals surface area contributed by atoms with Crippen LogP contribution < -0.4 is 5.32 Å². The van der Waals surface area contributed by atoms with Gasteiger partial charge in [0, 0.05) is 51.0 Å². The molecule has 1 aromatic carbocycles. The molecule has 4 rings (SSSR count). The van der Waals surface area contributed by atoms with Crippen LogP contribution in [0.5, 0.6) is 0 Å². The lowest BCUT2D eigenvalue weighted by molar-refractivity contribution is 0.187. The van der Waals surface area contributed by atoms with Gasteiger partial charge in [-0.15, -0.1) is 0 Å². The summed E-state index contributed by atoms with van der Waals surface area (Å²) >= 11 is 0. The van der Waals surface area contributed by atoms with Gasteiger partial charge in [0.15, 0.2) is 5.96 Å². The summed E-state index contributed by atoms with van der Waals surface area (Å²) in [6.07, 6.45) is 4.90.